The SMILES string of the molecule is CN1CCN(CCCN(C(=S)Nc2cc(Cl)c(Cl)cc2N)C2CCC3(c4cccc(C#N)c4)CC3C2)CC1. The van der Waals surface area contributed by atoms with Crippen molar-refractivity contribution in [1.82, 2.24) is 14.7 Å². The fourth-order valence-electron chi connectivity index (χ4n) is 6.39. The number of anilines is 2. The summed E-state index contributed by atoms with van der Waals surface area (Å²) >= 11 is 18.4. The van der Waals surface area contributed by atoms with E-state index in [9.17, 15) is 5.26 Å². The van der Waals surface area contributed by atoms with Crippen molar-refractivity contribution in [1.29, 1.82) is 5.26 Å². The second-order valence-electron chi connectivity index (χ2n) is 11.2. The van der Waals surface area contributed by atoms with E-state index in [-0.39, 0.29) is 5.41 Å². The zero-order chi connectivity index (χ0) is 26.9. The number of likely N-dealkylation sites (N-methyl/N-ethyl adjacent to an activating group) is 1. The third-order valence-electron chi connectivity index (χ3n) is 8.78. The van der Waals surface area contributed by atoms with Gasteiger partial charge in [0.1, 0.15) is 0 Å². The molecule has 9 heteroatoms. The van der Waals surface area contributed by atoms with Crippen LogP contribution in [0.25, 0.3) is 0 Å². The van der Waals surface area contributed by atoms with Crippen LogP contribution >= 0.6 is 35.4 Å². The molecule has 2 aromatic carbocycles. The Labute approximate surface area is 241 Å². The van der Waals surface area contributed by atoms with Gasteiger partial charge in [0.25, 0.3) is 0 Å². The summed E-state index contributed by atoms with van der Waals surface area (Å²) < 4.78 is 0. The standard InChI is InChI=1S/C29H36Cl2N6S/c1-35-10-12-36(13-11-35)8-3-9-37(28(38)34-27-17-25(31)24(30)16-26(27)33)23-6-7-29(18-22(29)15-23)21-5-2-4-20(14-21)19-32/h2,4-5,14,16-17,22-23H,3,6-13,15,18,33H2,1H3,(H,34,38). The number of halogens is 2. The van der Waals surface area contributed by atoms with Gasteiger partial charge in [0.15, 0.2) is 5.11 Å². The minimum atomic E-state index is 0.220. The summed E-state index contributed by atoms with van der Waals surface area (Å²) in [5.74, 6) is 0.619. The van der Waals surface area contributed by atoms with E-state index < -0.39 is 0 Å². The van der Waals surface area contributed by atoms with Crippen LogP contribution in [0.5, 0.6) is 0 Å². The van der Waals surface area contributed by atoms with Crippen molar-refractivity contribution < 1.29 is 0 Å². The molecule has 2 aromatic rings. The van der Waals surface area contributed by atoms with E-state index >= 15 is 0 Å². The van der Waals surface area contributed by atoms with Crippen LogP contribution in [0.2, 0.25) is 10.0 Å². The molecule has 3 N–H and O–H groups in total. The van der Waals surface area contributed by atoms with Gasteiger partial charge in [-0.1, -0.05) is 35.3 Å². The number of fused-ring (bicyclic) bond motifs is 1. The molecule has 3 atom stereocenters. The van der Waals surface area contributed by atoms with Crippen LogP contribution in [0, 0.1) is 17.2 Å². The quantitative estimate of drug-likeness (QED) is 0.332. The van der Waals surface area contributed by atoms with Crippen LogP contribution in [0.3, 0.4) is 0 Å². The van der Waals surface area contributed by atoms with E-state index in [4.69, 9.17) is 41.2 Å². The Bertz CT molecular complexity index is 1220. The molecule has 2 aliphatic carbocycles. The van der Waals surface area contributed by atoms with Gasteiger partial charge >= 0.3 is 0 Å². The van der Waals surface area contributed by atoms with Gasteiger partial charge in [0.05, 0.1) is 33.1 Å². The van der Waals surface area contributed by atoms with Crippen LogP contribution < -0.4 is 11.1 Å². The van der Waals surface area contributed by atoms with Crippen molar-refractivity contribution in [2.75, 3.05) is 57.4 Å². The Balaban J connectivity index is 1.28. The first-order chi connectivity index (χ1) is 18.3. The highest BCUT2D eigenvalue weighted by Crippen LogP contribution is 2.63. The largest absolute Gasteiger partial charge is 0.397 e. The number of nitrogens with one attached hydrogen (secondary N) is 1. The predicted molar refractivity (Wildman–Crippen MR) is 161 cm³/mol. The summed E-state index contributed by atoms with van der Waals surface area (Å²) in [4.78, 5) is 7.33. The van der Waals surface area contributed by atoms with E-state index in [0.717, 1.165) is 70.5 Å². The average molecular weight is 572 g/mol. The van der Waals surface area contributed by atoms with Gasteiger partial charge in [-0.3, -0.25) is 0 Å². The highest BCUT2D eigenvalue weighted by Gasteiger charge is 2.58. The zero-order valence-corrected chi connectivity index (χ0v) is 24.3. The predicted octanol–water partition coefficient (Wildman–Crippen LogP) is 5.59. The Kier molecular flexibility index (Phi) is 8.37. The van der Waals surface area contributed by atoms with Crippen molar-refractivity contribution in [3.8, 4) is 6.07 Å². The molecule has 3 aliphatic rings. The molecular formula is C29H36Cl2N6S. The lowest BCUT2D eigenvalue weighted by atomic mass is 9.80. The number of thiocarbonyl (C=S) groups is 1. The molecule has 3 unspecified atom stereocenters. The molecule has 1 heterocycles. The number of nitrogen functional groups attached to an aromatic ring is 1. The number of rotatable bonds is 7. The highest BCUT2D eigenvalue weighted by atomic mass is 35.5. The van der Waals surface area contributed by atoms with Crippen molar-refractivity contribution in [2.45, 2.75) is 43.6 Å². The van der Waals surface area contributed by atoms with E-state index in [2.05, 4.69) is 45.3 Å². The monoisotopic (exact) mass is 570 g/mol. The minimum absolute atomic E-state index is 0.220. The summed E-state index contributed by atoms with van der Waals surface area (Å²) in [6.07, 6.45) is 5.53. The molecule has 0 spiro atoms. The Morgan fingerprint density at radius 2 is 1.97 bits per heavy atom. The van der Waals surface area contributed by atoms with Crippen molar-refractivity contribution in [2.24, 2.45) is 5.92 Å². The maximum absolute atomic E-state index is 9.39. The Morgan fingerprint density at radius 1 is 1.21 bits per heavy atom. The lowest BCUT2D eigenvalue weighted by molar-refractivity contribution is 0.145. The van der Waals surface area contributed by atoms with Crippen molar-refractivity contribution in [3.63, 3.8) is 0 Å². The summed E-state index contributed by atoms with van der Waals surface area (Å²) in [6.45, 7) is 6.46. The summed E-state index contributed by atoms with van der Waals surface area (Å²) in [7, 11) is 2.19. The number of benzene rings is 2. The number of nitriles is 1. The Morgan fingerprint density at radius 3 is 2.71 bits per heavy atom. The smallest absolute Gasteiger partial charge is 0.173 e. The van der Waals surface area contributed by atoms with Gasteiger partial charge in [0.2, 0.25) is 0 Å². The first kappa shape index (κ1) is 27.5. The molecule has 1 saturated heterocycles. The molecular weight excluding hydrogens is 535 g/mol. The van der Waals surface area contributed by atoms with Crippen molar-refractivity contribution in [3.05, 3.63) is 57.6 Å². The molecule has 2 saturated carbocycles. The molecule has 1 aliphatic heterocycles. The van der Waals surface area contributed by atoms with Gasteiger partial charge in [0, 0.05) is 38.8 Å². The molecule has 0 amide bonds. The lowest BCUT2D eigenvalue weighted by Gasteiger charge is -2.39. The van der Waals surface area contributed by atoms with Crippen molar-refractivity contribution >= 4 is 51.9 Å². The van der Waals surface area contributed by atoms with E-state index in [0.29, 0.717) is 38.5 Å². The molecule has 3 fully saturated rings. The van der Waals surface area contributed by atoms with Crippen LogP contribution in [0.1, 0.15) is 43.2 Å². The van der Waals surface area contributed by atoms with E-state index in [1.807, 2.05) is 12.1 Å². The third-order valence-corrected chi connectivity index (χ3v) is 9.84. The van der Waals surface area contributed by atoms with Gasteiger partial charge in [-0.2, -0.15) is 5.26 Å². The minimum Gasteiger partial charge on any atom is -0.397 e. The number of hydrogen-bond donors (Lipinski definition) is 2. The summed E-state index contributed by atoms with van der Waals surface area (Å²) in [5.41, 5.74) is 9.76. The summed E-state index contributed by atoms with van der Waals surface area (Å²) in [6, 6.07) is 14.3. The van der Waals surface area contributed by atoms with E-state index in [1.165, 1.54) is 12.0 Å². The van der Waals surface area contributed by atoms with Crippen LogP contribution in [0.15, 0.2) is 36.4 Å². The molecule has 38 heavy (non-hydrogen) atoms. The Hall–Kier alpha value is -2.08. The topological polar surface area (TPSA) is 71.6 Å². The molecule has 0 radical (unpaired) electrons. The second kappa shape index (κ2) is 11.6. The fourth-order valence-corrected chi connectivity index (χ4v) is 7.08. The number of nitrogens with two attached hydrogens (primary N) is 1. The maximum Gasteiger partial charge on any atom is 0.173 e. The van der Waals surface area contributed by atoms with Gasteiger partial charge in [-0.05, 0) is 99.1 Å². The fraction of sp³-hybridized carbons (Fsp3) is 0.517. The van der Waals surface area contributed by atoms with Crippen LogP contribution in [-0.4, -0.2) is 72.2 Å². The zero-order valence-electron chi connectivity index (χ0n) is 21.9. The third kappa shape index (κ3) is 5.90. The second-order valence-corrected chi connectivity index (χ2v) is 12.4. The summed E-state index contributed by atoms with van der Waals surface area (Å²) in [5, 5.41) is 14.4. The highest BCUT2D eigenvalue weighted by molar-refractivity contribution is 7.80. The number of piperazine rings is 1. The molecule has 202 valence electrons. The first-order valence-corrected chi connectivity index (χ1v) is 14.7. The number of nitrogens with zero attached hydrogens (tertiary/aromatic N) is 4. The van der Waals surface area contributed by atoms with Gasteiger partial charge in [-0.15, -0.1) is 0 Å². The first-order valence-electron chi connectivity index (χ1n) is 13.5. The van der Waals surface area contributed by atoms with Gasteiger partial charge in [-0.25, -0.2) is 0 Å². The number of hydrogen-bond acceptors (Lipinski definition) is 5. The molecule has 0 bridgehead atoms. The van der Waals surface area contributed by atoms with Crippen LogP contribution in [-0.2, 0) is 5.41 Å². The maximum atomic E-state index is 9.39. The van der Waals surface area contributed by atoms with E-state index in [1.54, 1.807) is 12.1 Å². The normalized spacial score (nSPS) is 25.3. The molecule has 0 aromatic heterocycles. The lowest BCUT2D eigenvalue weighted by Crippen LogP contribution is -2.48. The van der Waals surface area contributed by atoms with Crippen LogP contribution in [0.4, 0.5) is 11.4 Å². The van der Waals surface area contributed by atoms with Gasteiger partial charge < -0.3 is 25.8 Å². The molecule has 6 nitrogen and oxygen atoms in total. The molecule has 5 rings (SSSR count). The average Bonchev–Trinajstić information content (AvgIpc) is 3.66.